The molecule has 0 aromatic heterocycles. The standard InChI is InChI=1S/C16H23Cl3N2O/c1-2-3-4-8-11-14(22)21-15(16(17,18)19)20-12-13-9-6-5-7-10-13/h5-7,9-10,15,20H,2-4,8,11-12H2,1H3,(H,21,22)/t15-/m1/s1. The molecule has 1 atom stereocenters. The molecule has 0 aliphatic carbocycles. The summed E-state index contributed by atoms with van der Waals surface area (Å²) in [5, 5.41) is 5.84. The minimum absolute atomic E-state index is 0.104. The summed E-state index contributed by atoms with van der Waals surface area (Å²) in [5.41, 5.74) is 1.05. The Bertz CT molecular complexity index is 435. The van der Waals surface area contributed by atoms with Gasteiger partial charge in [0.25, 0.3) is 0 Å². The molecular weight excluding hydrogens is 343 g/mol. The van der Waals surface area contributed by atoms with Gasteiger partial charge >= 0.3 is 0 Å². The first-order valence-electron chi connectivity index (χ1n) is 7.57. The van der Waals surface area contributed by atoms with Crippen LogP contribution < -0.4 is 10.6 Å². The van der Waals surface area contributed by atoms with E-state index in [1.165, 1.54) is 0 Å². The van der Waals surface area contributed by atoms with Crippen molar-refractivity contribution < 1.29 is 4.79 Å². The van der Waals surface area contributed by atoms with Crippen LogP contribution in [0.25, 0.3) is 0 Å². The van der Waals surface area contributed by atoms with Gasteiger partial charge in [-0.3, -0.25) is 10.1 Å². The Kier molecular flexibility index (Phi) is 9.18. The number of hydrogen-bond acceptors (Lipinski definition) is 2. The lowest BCUT2D eigenvalue weighted by molar-refractivity contribution is -0.122. The van der Waals surface area contributed by atoms with E-state index in [0.717, 1.165) is 31.2 Å². The molecule has 0 saturated heterocycles. The summed E-state index contributed by atoms with van der Waals surface area (Å²) in [7, 11) is 0. The van der Waals surface area contributed by atoms with E-state index in [0.29, 0.717) is 13.0 Å². The van der Waals surface area contributed by atoms with Gasteiger partial charge in [-0.25, -0.2) is 0 Å². The molecule has 0 heterocycles. The van der Waals surface area contributed by atoms with E-state index in [1.807, 2.05) is 30.3 Å². The Morgan fingerprint density at radius 3 is 2.41 bits per heavy atom. The van der Waals surface area contributed by atoms with Crippen molar-refractivity contribution in [2.24, 2.45) is 0 Å². The average molecular weight is 366 g/mol. The zero-order valence-electron chi connectivity index (χ0n) is 12.7. The smallest absolute Gasteiger partial charge is 0.223 e. The summed E-state index contributed by atoms with van der Waals surface area (Å²) >= 11 is 17.8. The summed E-state index contributed by atoms with van der Waals surface area (Å²) < 4.78 is -1.60. The largest absolute Gasteiger partial charge is 0.337 e. The molecule has 0 unspecified atom stereocenters. The number of benzene rings is 1. The third-order valence-corrected chi connectivity index (χ3v) is 3.90. The van der Waals surface area contributed by atoms with Crippen LogP contribution in [0.15, 0.2) is 30.3 Å². The zero-order chi connectivity index (χ0) is 16.4. The molecule has 6 heteroatoms. The molecule has 2 N–H and O–H groups in total. The van der Waals surface area contributed by atoms with Crippen LogP contribution in [0.3, 0.4) is 0 Å². The van der Waals surface area contributed by atoms with Gasteiger partial charge in [0.2, 0.25) is 9.70 Å². The number of nitrogens with one attached hydrogen (secondary N) is 2. The molecular formula is C16H23Cl3N2O. The summed E-state index contributed by atoms with van der Waals surface area (Å²) in [6.07, 6.45) is 3.88. The van der Waals surface area contributed by atoms with E-state index < -0.39 is 9.96 Å². The van der Waals surface area contributed by atoms with Crippen LogP contribution in [0.4, 0.5) is 0 Å². The van der Waals surface area contributed by atoms with Crippen LogP contribution in [-0.2, 0) is 11.3 Å². The van der Waals surface area contributed by atoms with E-state index in [2.05, 4.69) is 17.6 Å². The molecule has 0 spiro atoms. The van der Waals surface area contributed by atoms with Gasteiger partial charge in [-0.15, -0.1) is 0 Å². The molecule has 0 aliphatic rings. The summed E-state index contributed by atoms with van der Waals surface area (Å²) in [6.45, 7) is 2.64. The highest BCUT2D eigenvalue weighted by Crippen LogP contribution is 2.29. The Balaban J connectivity index is 2.45. The number of halogens is 3. The van der Waals surface area contributed by atoms with Gasteiger partial charge in [0, 0.05) is 13.0 Å². The number of alkyl halides is 3. The molecule has 1 aromatic carbocycles. The summed E-state index contributed by atoms with van der Waals surface area (Å²) in [4.78, 5) is 11.9. The molecule has 1 amide bonds. The Morgan fingerprint density at radius 2 is 1.82 bits per heavy atom. The molecule has 0 bridgehead atoms. The second-order valence-corrected chi connectivity index (χ2v) is 7.59. The van der Waals surface area contributed by atoms with Crippen molar-refractivity contribution in [3.05, 3.63) is 35.9 Å². The highest BCUT2D eigenvalue weighted by Gasteiger charge is 2.33. The van der Waals surface area contributed by atoms with Crippen molar-refractivity contribution in [1.82, 2.24) is 10.6 Å². The first kappa shape index (κ1) is 19.6. The Labute approximate surface area is 147 Å². The Morgan fingerprint density at radius 1 is 1.14 bits per heavy atom. The molecule has 1 aromatic rings. The highest BCUT2D eigenvalue weighted by molar-refractivity contribution is 6.68. The van der Waals surface area contributed by atoms with E-state index >= 15 is 0 Å². The predicted octanol–water partition coefficient (Wildman–Crippen LogP) is 4.56. The van der Waals surface area contributed by atoms with Gasteiger partial charge in [0.1, 0.15) is 6.17 Å². The first-order valence-corrected chi connectivity index (χ1v) is 8.70. The molecule has 0 aliphatic heterocycles. The van der Waals surface area contributed by atoms with Gasteiger partial charge in [-0.2, -0.15) is 0 Å². The summed E-state index contributed by atoms with van der Waals surface area (Å²) in [5.74, 6) is -0.104. The minimum Gasteiger partial charge on any atom is -0.337 e. The number of carbonyl (C=O) groups excluding carboxylic acids is 1. The van der Waals surface area contributed by atoms with Crippen molar-refractivity contribution in [3.8, 4) is 0 Å². The van der Waals surface area contributed by atoms with Gasteiger partial charge in [0.05, 0.1) is 0 Å². The van der Waals surface area contributed by atoms with Gasteiger partial charge < -0.3 is 5.32 Å². The van der Waals surface area contributed by atoms with Crippen molar-refractivity contribution in [2.45, 2.75) is 55.5 Å². The van der Waals surface area contributed by atoms with Gasteiger partial charge in [-0.1, -0.05) is 91.3 Å². The third-order valence-electron chi connectivity index (χ3n) is 3.24. The molecule has 22 heavy (non-hydrogen) atoms. The number of amides is 1. The van der Waals surface area contributed by atoms with Crippen LogP contribution in [-0.4, -0.2) is 15.9 Å². The third kappa shape index (κ3) is 8.23. The first-order chi connectivity index (χ1) is 10.4. The van der Waals surface area contributed by atoms with Crippen molar-refractivity contribution >= 4 is 40.7 Å². The second kappa shape index (κ2) is 10.3. The van der Waals surface area contributed by atoms with Crippen molar-refractivity contribution in [1.29, 1.82) is 0 Å². The maximum atomic E-state index is 11.9. The second-order valence-electron chi connectivity index (χ2n) is 5.22. The molecule has 0 saturated carbocycles. The maximum Gasteiger partial charge on any atom is 0.223 e. The molecule has 1 rings (SSSR count). The fraction of sp³-hybridized carbons (Fsp3) is 0.562. The molecule has 124 valence electrons. The van der Waals surface area contributed by atoms with Crippen LogP contribution in [0, 0.1) is 0 Å². The Hall–Kier alpha value is -0.480. The zero-order valence-corrected chi connectivity index (χ0v) is 15.0. The van der Waals surface area contributed by atoms with Crippen LogP contribution >= 0.6 is 34.8 Å². The fourth-order valence-electron chi connectivity index (χ4n) is 2.01. The molecule has 3 nitrogen and oxygen atoms in total. The van der Waals surface area contributed by atoms with Gasteiger partial charge in [-0.05, 0) is 12.0 Å². The van der Waals surface area contributed by atoms with Crippen molar-refractivity contribution in [2.75, 3.05) is 0 Å². The lowest BCUT2D eigenvalue weighted by Gasteiger charge is -2.26. The number of rotatable bonds is 9. The molecule has 0 fully saturated rings. The van der Waals surface area contributed by atoms with Crippen LogP contribution in [0.2, 0.25) is 0 Å². The van der Waals surface area contributed by atoms with Gasteiger partial charge in [0.15, 0.2) is 0 Å². The predicted molar refractivity (Wildman–Crippen MR) is 94.3 cm³/mol. The fourth-order valence-corrected chi connectivity index (χ4v) is 2.40. The van der Waals surface area contributed by atoms with Crippen LogP contribution in [0.5, 0.6) is 0 Å². The van der Waals surface area contributed by atoms with Crippen LogP contribution in [0.1, 0.15) is 44.6 Å². The minimum atomic E-state index is -1.60. The number of carbonyl (C=O) groups is 1. The van der Waals surface area contributed by atoms with E-state index in [1.54, 1.807) is 0 Å². The maximum absolute atomic E-state index is 11.9. The van der Waals surface area contributed by atoms with Crippen molar-refractivity contribution in [3.63, 3.8) is 0 Å². The topological polar surface area (TPSA) is 41.1 Å². The normalized spacial score (nSPS) is 12.9. The summed E-state index contributed by atoms with van der Waals surface area (Å²) in [6, 6.07) is 9.75. The highest BCUT2D eigenvalue weighted by atomic mass is 35.6. The van der Waals surface area contributed by atoms with E-state index in [4.69, 9.17) is 34.8 Å². The SMILES string of the molecule is CCCCCCC(=O)N[C@@H](NCc1ccccc1)C(Cl)(Cl)Cl. The number of unbranched alkanes of at least 4 members (excludes halogenated alkanes) is 3. The van der Waals surface area contributed by atoms with E-state index in [9.17, 15) is 4.79 Å². The number of hydrogen-bond donors (Lipinski definition) is 2. The lowest BCUT2D eigenvalue weighted by Crippen LogP contribution is -2.53. The quantitative estimate of drug-likeness (QED) is 0.383. The average Bonchev–Trinajstić information content (AvgIpc) is 2.48. The lowest BCUT2D eigenvalue weighted by atomic mass is 10.1. The monoisotopic (exact) mass is 364 g/mol. The van der Waals surface area contributed by atoms with E-state index in [-0.39, 0.29) is 5.91 Å². The molecule has 0 radical (unpaired) electrons.